The van der Waals surface area contributed by atoms with Crippen LogP contribution < -0.4 is 4.74 Å². The molecule has 0 unspecified atom stereocenters. The molecule has 0 amide bonds. The van der Waals surface area contributed by atoms with Gasteiger partial charge in [-0.1, -0.05) is 48.6 Å². The van der Waals surface area contributed by atoms with Gasteiger partial charge in [-0.2, -0.15) is 0 Å². The van der Waals surface area contributed by atoms with E-state index in [1.54, 1.807) is 19.2 Å². The minimum absolute atomic E-state index is 0.225. The highest BCUT2D eigenvalue weighted by Gasteiger charge is 2.01. The minimum Gasteiger partial charge on any atom is -0.508 e. The molecule has 2 nitrogen and oxygen atoms in total. The van der Waals surface area contributed by atoms with Crippen molar-refractivity contribution in [3.8, 4) is 11.5 Å². The third-order valence-corrected chi connectivity index (χ3v) is 2.72. The molecule has 1 N–H and O–H groups in total. The highest BCUT2D eigenvalue weighted by atomic mass is 16.5. The van der Waals surface area contributed by atoms with Crippen LogP contribution in [0.4, 0.5) is 0 Å². The third-order valence-electron chi connectivity index (χ3n) is 2.72. The third kappa shape index (κ3) is 3.14. The molecular weight excluding hydrogens is 224 g/mol. The number of rotatable bonds is 4. The van der Waals surface area contributed by atoms with Gasteiger partial charge in [0.2, 0.25) is 0 Å². The summed E-state index contributed by atoms with van der Waals surface area (Å²) in [5.41, 5.74) is 2.23. The second-order valence-electron chi connectivity index (χ2n) is 4.01. The molecule has 0 spiro atoms. The molecule has 0 bridgehead atoms. The summed E-state index contributed by atoms with van der Waals surface area (Å²) in [5.74, 6) is 0.940. The molecule has 0 aliphatic carbocycles. The number of hydrogen-bond acceptors (Lipinski definition) is 2. The molecule has 2 heteroatoms. The molecule has 0 aliphatic heterocycles. The van der Waals surface area contributed by atoms with Crippen LogP contribution in [0, 0.1) is 0 Å². The van der Waals surface area contributed by atoms with Crippen molar-refractivity contribution in [2.45, 2.75) is 6.42 Å². The Balaban J connectivity index is 2.08. The van der Waals surface area contributed by atoms with Crippen LogP contribution in [0.3, 0.4) is 0 Å². The second kappa shape index (κ2) is 5.92. The molecule has 0 fully saturated rings. The molecular formula is C16H16O2. The molecule has 0 radical (unpaired) electrons. The van der Waals surface area contributed by atoms with Crippen molar-refractivity contribution in [2.75, 3.05) is 7.11 Å². The quantitative estimate of drug-likeness (QED) is 0.883. The molecule has 2 aromatic rings. The Kier molecular flexibility index (Phi) is 4.02. The lowest BCUT2D eigenvalue weighted by molar-refractivity contribution is 0.403. The lowest BCUT2D eigenvalue weighted by Gasteiger charge is -2.06. The summed E-state index contributed by atoms with van der Waals surface area (Å²) in [4.78, 5) is 0. The zero-order chi connectivity index (χ0) is 12.8. The first-order valence-electron chi connectivity index (χ1n) is 5.87. The molecule has 0 aliphatic rings. The first-order valence-corrected chi connectivity index (χ1v) is 5.87. The summed E-state index contributed by atoms with van der Waals surface area (Å²) in [6.45, 7) is 0. The van der Waals surface area contributed by atoms with Gasteiger partial charge < -0.3 is 9.84 Å². The zero-order valence-corrected chi connectivity index (χ0v) is 10.3. The van der Waals surface area contributed by atoms with Gasteiger partial charge >= 0.3 is 0 Å². The standard InChI is InChI=1S/C16H16O2/c1-18-16-12-15(17)11-10-14(16)9-5-8-13-6-3-2-4-7-13/h2-8,10-12,17H,9H2,1H3. The maximum Gasteiger partial charge on any atom is 0.126 e. The summed E-state index contributed by atoms with van der Waals surface area (Å²) >= 11 is 0. The molecule has 0 aromatic heterocycles. The maximum absolute atomic E-state index is 9.37. The van der Waals surface area contributed by atoms with Crippen molar-refractivity contribution < 1.29 is 9.84 Å². The van der Waals surface area contributed by atoms with Crippen LogP contribution in [0.5, 0.6) is 11.5 Å². The summed E-state index contributed by atoms with van der Waals surface area (Å²) in [6, 6.07) is 15.3. The fraction of sp³-hybridized carbons (Fsp3) is 0.125. The van der Waals surface area contributed by atoms with Crippen molar-refractivity contribution in [3.63, 3.8) is 0 Å². The van der Waals surface area contributed by atoms with Gasteiger partial charge in [-0.05, 0) is 23.6 Å². The molecule has 2 aromatic carbocycles. The molecule has 0 saturated heterocycles. The van der Waals surface area contributed by atoms with Crippen LogP contribution in [0.15, 0.2) is 54.6 Å². The van der Waals surface area contributed by atoms with Gasteiger partial charge in [0, 0.05) is 6.07 Å². The Hall–Kier alpha value is -2.22. The average Bonchev–Trinajstić information content (AvgIpc) is 2.41. The molecule has 0 atom stereocenters. The normalized spacial score (nSPS) is 10.7. The average molecular weight is 240 g/mol. The Bertz CT molecular complexity index is 530. The van der Waals surface area contributed by atoms with Crippen molar-refractivity contribution in [3.05, 3.63) is 65.7 Å². The predicted octanol–water partition coefficient (Wildman–Crippen LogP) is 3.66. The zero-order valence-electron chi connectivity index (χ0n) is 10.3. The summed E-state index contributed by atoms with van der Waals surface area (Å²) in [5, 5.41) is 9.37. The smallest absolute Gasteiger partial charge is 0.126 e. The van der Waals surface area contributed by atoms with E-state index in [0.29, 0.717) is 5.75 Å². The van der Waals surface area contributed by atoms with Gasteiger partial charge in [0.1, 0.15) is 11.5 Å². The van der Waals surface area contributed by atoms with E-state index >= 15 is 0 Å². The number of methoxy groups -OCH3 is 1. The summed E-state index contributed by atoms with van der Waals surface area (Å²) < 4.78 is 5.24. The number of benzene rings is 2. The summed E-state index contributed by atoms with van der Waals surface area (Å²) in [7, 11) is 1.61. The minimum atomic E-state index is 0.225. The Morgan fingerprint density at radius 1 is 1.11 bits per heavy atom. The SMILES string of the molecule is COc1cc(O)ccc1CC=Cc1ccccc1. The largest absolute Gasteiger partial charge is 0.508 e. The van der Waals surface area contributed by atoms with E-state index in [2.05, 4.69) is 24.3 Å². The van der Waals surface area contributed by atoms with Crippen LogP contribution >= 0.6 is 0 Å². The fourth-order valence-electron chi connectivity index (χ4n) is 1.79. The Morgan fingerprint density at radius 3 is 2.61 bits per heavy atom. The number of phenolic OH excluding ortho intramolecular Hbond substituents is 1. The summed E-state index contributed by atoms with van der Waals surface area (Å²) in [6.07, 6.45) is 4.94. The highest BCUT2D eigenvalue weighted by Crippen LogP contribution is 2.24. The van der Waals surface area contributed by atoms with Gasteiger partial charge in [0.25, 0.3) is 0 Å². The highest BCUT2D eigenvalue weighted by molar-refractivity contribution is 5.50. The van der Waals surface area contributed by atoms with Crippen molar-refractivity contribution >= 4 is 6.08 Å². The molecule has 18 heavy (non-hydrogen) atoms. The van der Waals surface area contributed by atoms with E-state index in [4.69, 9.17) is 4.74 Å². The van der Waals surface area contributed by atoms with Gasteiger partial charge in [-0.3, -0.25) is 0 Å². The van der Waals surface area contributed by atoms with E-state index in [0.717, 1.165) is 12.0 Å². The lowest BCUT2D eigenvalue weighted by atomic mass is 10.1. The lowest BCUT2D eigenvalue weighted by Crippen LogP contribution is -1.90. The monoisotopic (exact) mass is 240 g/mol. The first kappa shape index (κ1) is 12.2. The molecule has 92 valence electrons. The number of hydrogen-bond donors (Lipinski definition) is 1. The predicted molar refractivity (Wildman–Crippen MR) is 73.8 cm³/mol. The topological polar surface area (TPSA) is 29.5 Å². The van der Waals surface area contributed by atoms with Crippen molar-refractivity contribution in [1.82, 2.24) is 0 Å². The van der Waals surface area contributed by atoms with Crippen LogP contribution in [-0.2, 0) is 6.42 Å². The van der Waals surface area contributed by atoms with Gasteiger partial charge in [-0.15, -0.1) is 0 Å². The molecule has 0 heterocycles. The fourth-order valence-corrected chi connectivity index (χ4v) is 1.79. The number of ether oxygens (including phenoxy) is 1. The van der Waals surface area contributed by atoms with Crippen molar-refractivity contribution in [1.29, 1.82) is 0 Å². The van der Waals surface area contributed by atoms with Gasteiger partial charge in [0.15, 0.2) is 0 Å². The van der Waals surface area contributed by atoms with Gasteiger partial charge in [0.05, 0.1) is 7.11 Å². The number of phenols is 1. The maximum atomic E-state index is 9.37. The van der Waals surface area contributed by atoms with E-state index in [9.17, 15) is 5.11 Å². The number of aromatic hydroxyl groups is 1. The Labute approximate surface area is 107 Å². The van der Waals surface area contributed by atoms with E-state index in [-0.39, 0.29) is 5.75 Å². The van der Waals surface area contributed by atoms with Crippen LogP contribution in [-0.4, -0.2) is 12.2 Å². The molecule has 0 saturated carbocycles. The van der Waals surface area contributed by atoms with Crippen molar-refractivity contribution in [2.24, 2.45) is 0 Å². The number of allylic oxidation sites excluding steroid dienone is 1. The van der Waals surface area contributed by atoms with Crippen LogP contribution in [0.25, 0.3) is 6.08 Å². The van der Waals surface area contributed by atoms with Crippen LogP contribution in [0.1, 0.15) is 11.1 Å². The first-order chi connectivity index (χ1) is 8.79. The van der Waals surface area contributed by atoms with Gasteiger partial charge in [-0.25, -0.2) is 0 Å². The second-order valence-corrected chi connectivity index (χ2v) is 4.01. The van der Waals surface area contributed by atoms with Crippen LogP contribution in [0.2, 0.25) is 0 Å². The Morgan fingerprint density at radius 2 is 1.89 bits per heavy atom. The van der Waals surface area contributed by atoms with E-state index in [1.165, 1.54) is 5.56 Å². The van der Waals surface area contributed by atoms with E-state index in [1.807, 2.05) is 24.3 Å². The van der Waals surface area contributed by atoms with E-state index < -0.39 is 0 Å². The molecule has 2 rings (SSSR count).